The molecule has 1 N–H and O–H groups in total. The van der Waals surface area contributed by atoms with Gasteiger partial charge in [-0.05, 0) is 7.05 Å². The molecule has 0 aliphatic heterocycles. The Labute approximate surface area is 55.8 Å². The van der Waals surface area contributed by atoms with Crippen LogP contribution in [-0.4, -0.2) is 14.6 Å². The van der Waals surface area contributed by atoms with Crippen LogP contribution in [0.5, 0.6) is 0 Å². The Morgan fingerprint density at radius 3 is 1.88 bits per heavy atom. The predicted octanol–water partition coefficient (Wildman–Crippen LogP) is 1.34. The van der Waals surface area contributed by atoms with Gasteiger partial charge in [-0.15, -0.1) is 24.2 Å². The van der Waals surface area contributed by atoms with Crippen LogP contribution in [0.15, 0.2) is 24.6 Å². The maximum atomic E-state index is 5.88. The number of rotatable bonds is 3. The Balaban J connectivity index is 3.96. The first-order valence-corrected chi connectivity index (χ1v) is 5.50. The van der Waals surface area contributed by atoms with E-state index in [1.807, 2.05) is 7.05 Å². The SMILES string of the molecule is C=C[Si](Cl)(C=C)NC. The van der Waals surface area contributed by atoms with Gasteiger partial charge in [0.15, 0.2) is 0 Å². The molecule has 8 heavy (non-hydrogen) atoms. The minimum atomic E-state index is -1.92. The molecule has 0 spiro atoms. The molecule has 0 saturated carbocycles. The summed E-state index contributed by atoms with van der Waals surface area (Å²) in [6.07, 6.45) is 0. The summed E-state index contributed by atoms with van der Waals surface area (Å²) in [4.78, 5) is 2.95. The van der Waals surface area contributed by atoms with Crippen LogP contribution in [0.4, 0.5) is 0 Å². The fourth-order valence-electron chi connectivity index (χ4n) is 0.287. The second-order valence-electron chi connectivity index (χ2n) is 1.43. The molecule has 46 valence electrons. The Morgan fingerprint density at radius 1 is 1.50 bits per heavy atom. The summed E-state index contributed by atoms with van der Waals surface area (Å²) in [5, 5.41) is 0. The molecule has 1 nitrogen and oxygen atoms in total. The van der Waals surface area contributed by atoms with E-state index in [2.05, 4.69) is 18.1 Å². The molecule has 0 rings (SSSR count). The molecule has 0 aliphatic carbocycles. The molecular weight excluding hydrogens is 138 g/mol. The topological polar surface area (TPSA) is 12.0 Å². The van der Waals surface area contributed by atoms with Crippen molar-refractivity contribution in [2.75, 3.05) is 7.05 Å². The third-order valence-electron chi connectivity index (χ3n) is 0.977. The predicted molar refractivity (Wildman–Crippen MR) is 41.1 cm³/mol. The van der Waals surface area contributed by atoms with Crippen LogP contribution >= 0.6 is 11.1 Å². The highest BCUT2D eigenvalue weighted by molar-refractivity contribution is 7.24. The molecule has 0 aliphatic rings. The molecule has 0 saturated heterocycles. The van der Waals surface area contributed by atoms with Gasteiger partial charge in [-0.25, -0.2) is 0 Å². The second-order valence-corrected chi connectivity index (χ2v) is 6.16. The Hall–Kier alpha value is -0.0531. The van der Waals surface area contributed by atoms with Crippen LogP contribution in [0.2, 0.25) is 0 Å². The summed E-state index contributed by atoms with van der Waals surface area (Å²) < 4.78 is 0. The zero-order valence-electron chi connectivity index (χ0n) is 4.95. The smallest absolute Gasteiger partial charge is 0.273 e. The molecule has 0 aromatic rings. The first-order chi connectivity index (χ1) is 3.68. The van der Waals surface area contributed by atoms with E-state index in [0.29, 0.717) is 0 Å². The quantitative estimate of drug-likeness (QED) is 0.470. The summed E-state index contributed by atoms with van der Waals surface area (Å²) in [5.41, 5.74) is 3.45. The first kappa shape index (κ1) is 7.95. The van der Waals surface area contributed by atoms with Gasteiger partial charge in [0.2, 0.25) is 0 Å². The van der Waals surface area contributed by atoms with Crippen molar-refractivity contribution in [2.45, 2.75) is 0 Å². The number of hydrogen-bond acceptors (Lipinski definition) is 1. The Morgan fingerprint density at radius 2 is 1.88 bits per heavy atom. The summed E-state index contributed by atoms with van der Waals surface area (Å²) in [6, 6.07) is 0. The fourth-order valence-corrected chi connectivity index (χ4v) is 0.862. The van der Waals surface area contributed by atoms with Crippen LogP contribution < -0.4 is 4.98 Å². The third kappa shape index (κ3) is 1.82. The van der Waals surface area contributed by atoms with Gasteiger partial charge < -0.3 is 4.98 Å². The van der Waals surface area contributed by atoms with Crippen molar-refractivity contribution in [3.8, 4) is 0 Å². The average molecular weight is 148 g/mol. The minimum absolute atomic E-state index is 1.72. The van der Waals surface area contributed by atoms with Gasteiger partial charge >= 0.3 is 0 Å². The van der Waals surface area contributed by atoms with Gasteiger partial charge in [-0.3, -0.25) is 0 Å². The maximum absolute atomic E-state index is 5.88. The molecule has 0 aromatic heterocycles. The van der Waals surface area contributed by atoms with Gasteiger partial charge in [-0.1, -0.05) is 11.4 Å². The standard InChI is InChI=1S/C5H10ClNSi/c1-4-8(6,5-2)7-3/h4-5,7H,1-2H2,3H3. The van der Waals surface area contributed by atoms with Crippen LogP contribution in [0.25, 0.3) is 0 Å². The molecule has 0 radical (unpaired) electrons. The highest BCUT2D eigenvalue weighted by Gasteiger charge is 2.18. The van der Waals surface area contributed by atoms with Gasteiger partial charge in [0.1, 0.15) is 0 Å². The van der Waals surface area contributed by atoms with Gasteiger partial charge in [0.25, 0.3) is 7.55 Å². The molecule has 0 fully saturated rings. The van der Waals surface area contributed by atoms with E-state index >= 15 is 0 Å². The molecule has 0 unspecified atom stereocenters. The summed E-state index contributed by atoms with van der Waals surface area (Å²) in [6.45, 7) is 7.14. The third-order valence-corrected chi connectivity index (χ3v) is 4.42. The summed E-state index contributed by atoms with van der Waals surface area (Å²) >= 11 is 5.88. The summed E-state index contributed by atoms with van der Waals surface area (Å²) in [5.74, 6) is 0. The van der Waals surface area contributed by atoms with E-state index in [1.54, 1.807) is 11.4 Å². The van der Waals surface area contributed by atoms with Crippen molar-refractivity contribution in [3.63, 3.8) is 0 Å². The van der Waals surface area contributed by atoms with Crippen molar-refractivity contribution in [1.29, 1.82) is 0 Å². The highest BCUT2D eigenvalue weighted by atomic mass is 35.6. The van der Waals surface area contributed by atoms with E-state index in [-0.39, 0.29) is 0 Å². The van der Waals surface area contributed by atoms with Gasteiger partial charge in [0, 0.05) is 0 Å². The molecule has 3 heteroatoms. The second kappa shape index (κ2) is 3.07. The van der Waals surface area contributed by atoms with Crippen molar-refractivity contribution in [2.24, 2.45) is 0 Å². The largest absolute Gasteiger partial charge is 0.322 e. The average Bonchev–Trinajstić information content (AvgIpc) is 1.87. The van der Waals surface area contributed by atoms with Crippen molar-refractivity contribution < 1.29 is 0 Å². The van der Waals surface area contributed by atoms with Crippen molar-refractivity contribution in [3.05, 3.63) is 24.6 Å². The monoisotopic (exact) mass is 147 g/mol. The van der Waals surface area contributed by atoms with Gasteiger partial charge in [0.05, 0.1) is 0 Å². The maximum Gasteiger partial charge on any atom is 0.273 e. The van der Waals surface area contributed by atoms with E-state index in [1.165, 1.54) is 0 Å². The van der Waals surface area contributed by atoms with E-state index in [0.717, 1.165) is 0 Å². The molecule has 0 aromatic carbocycles. The normalized spacial score (nSPS) is 10.8. The highest BCUT2D eigenvalue weighted by Crippen LogP contribution is 2.04. The van der Waals surface area contributed by atoms with Crippen LogP contribution in [0, 0.1) is 0 Å². The lowest BCUT2D eigenvalue weighted by atomic mass is 11.2. The lowest BCUT2D eigenvalue weighted by Crippen LogP contribution is -2.38. The van der Waals surface area contributed by atoms with E-state index in [9.17, 15) is 0 Å². The summed E-state index contributed by atoms with van der Waals surface area (Å²) in [7, 11) is -0.113. The zero-order chi connectivity index (χ0) is 6.62. The minimum Gasteiger partial charge on any atom is -0.322 e. The van der Waals surface area contributed by atoms with Gasteiger partial charge in [-0.2, -0.15) is 0 Å². The molecule has 0 heterocycles. The van der Waals surface area contributed by atoms with E-state index < -0.39 is 7.55 Å². The number of nitrogens with one attached hydrogen (secondary N) is 1. The molecule has 0 amide bonds. The lowest BCUT2D eigenvalue weighted by Gasteiger charge is -2.11. The van der Waals surface area contributed by atoms with Crippen molar-refractivity contribution >= 4 is 18.6 Å². The van der Waals surface area contributed by atoms with Crippen LogP contribution in [0.3, 0.4) is 0 Å². The van der Waals surface area contributed by atoms with Crippen molar-refractivity contribution in [1.82, 2.24) is 4.98 Å². The van der Waals surface area contributed by atoms with Crippen LogP contribution in [0.1, 0.15) is 0 Å². The Kier molecular flexibility index (Phi) is 3.05. The first-order valence-electron chi connectivity index (χ1n) is 2.33. The Bertz CT molecular complexity index is 94.6. The number of hydrogen-bond donors (Lipinski definition) is 1. The lowest BCUT2D eigenvalue weighted by molar-refractivity contribution is 1.22. The molecular formula is C5H10ClNSi. The molecule has 0 atom stereocenters. The zero-order valence-corrected chi connectivity index (χ0v) is 6.70. The van der Waals surface area contributed by atoms with E-state index in [4.69, 9.17) is 11.1 Å². The molecule has 0 bridgehead atoms. The van der Waals surface area contributed by atoms with Crippen LogP contribution in [-0.2, 0) is 0 Å². The fraction of sp³-hybridized carbons (Fsp3) is 0.200. The number of halogens is 1.